The number of para-hydroxylation sites is 1. The molecule has 1 aromatic heterocycles. The molecular weight excluding hydrogens is 332 g/mol. The first-order chi connectivity index (χ1) is 12.2. The van der Waals surface area contributed by atoms with Crippen molar-refractivity contribution in [2.45, 2.75) is 56.6 Å². The fourth-order valence-electron chi connectivity index (χ4n) is 3.23. The number of anilines is 1. The number of carbonyl (C=O) groups excluding carboxylic acids is 1. The van der Waals surface area contributed by atoms with Crippen LogP contribution in [0.3, 0.4) is 0 Å². The van der Waals surface area contributed by atoms with E-state index >= 15 is 0 Å². The predicted octanol–water partition coefficient (Wildman–Crippen LogP) is 3.94. The summed E-state index contributed by atoms with van der Waals surface area (Å²) in [4.78, 5) is 14.7. The van der Waals surface area contributed by atoms with Crippen LogP contribution in [-0.4, -0.2) is 33.0 Å². The summed E-state index contributed by atoms with van der Waals surface area (Å²) >= 11 is 1.53. The van der Waals surface area contributed by atoms with E-state index in [2.05, 4.69) is 14.8 Å². The SMILES string of the molecule is CCN(C(=O)CSc1nnc(C2CC2)n1C1CC1)c1ccccc1C. The Labute approximate surface area is 152 Å². The van der Waals surface area contributed by atoms with Gasteiger partial charge >= 0.3 is 0 Å². The zero-order valence-electron chi connectivity index (χ0n) is 14.8. The van der Waals surface area contributed by atoms with Crippen LogP contribution in [0, 0.1) is 6.92 Å². The molecule has 25 heavy (non-hydrogen) atoms. The van der Waals surface area contributed by atoms with Crippen LogP contribution in [0.1, 0.15) is 56.0 Å². The predicted molar refractivity (Wildman–Crippen MR) is 100 cm³/mol. The molecule has 0 N–H and O–H groups in total. The molecule has 0 saturated heterocycles. The van der Waals surface area contributed by atoms with Gasteiger partial charge in [0.1, 0.15) is 5.82 Å². The highest BCUT2D eigenvalue weighted by Gasteiger charge is 2.36. The summed E-state index contributed by atoms with van der Waals surface area (Å²) in [5.41, 5.74) is 2.12. The molecule has 0 bridgehead atoms. The van der Waals surface area contributed by atoms with Gasteiger partial charge in [-0.3, -0.25) is 4.79 Å². The number of hydrogen-bond acceptors (Lipinski definition) is 4. The van der Waals surface area contributed by atoms with E-state index in [-0.39, 0.29) is 5.91 Å². The fourth-order valence-corrected chi connectivity index (χ4v) is 4.12. The molecule has 4 rings (SSSR count). The molecule has 5 nitrogen and oxygen atoms in total. The largest absolute Gasteiger partial charge is 0.312 e. The molecule has 0 spiro atoms. The Morgan fingerprint density at radius 2 is 2.00 bits per heavy atom. The Bertz CT molecular complexity index is 779. The van der Waals surface area contributed by atoms with E-state index in [1.165, 1.54) is 37.4 Å². The number of rotatable bonds is 7. The van der Waals surface area contributed by atoms with Crippen molar-refractivity contribution in [2.24, 2.45) is 0 Å². The zero-order chi connectivity index (χ0) is 17.4. The van der Waals surface area contributed by atoms with Gasteiger partial charge in [0.2, 0.25) is 5.91 Å². The minimum Gasteiger partial charge on any atom is -0.312 e. The van der Waals surface area contributed by atoms with Crippen molar-refractivity contribution in [3.05, 3.63) is 35.7 Å². The normalized spacial score (nSPS) is 16.9. The lowest BCUT2D eigenvalue weighted by atomic mass is 10.2. The molecule has 1 heterocycles. The first-order valence-electron chi connectivity index (χ1n) is 9.12. The summed E-state index contributed by atoms with van der Waals surface area (Å²) in [5.74, 6) is 2.26. The van der Waals surface area contributed by atoms with Crippen molar-refractivity contribution in [3.8, 4) is 0 Å². The number of carbonyl (C=O) groups is 1. The lowest BCUT2D eigenvalue weighted by molar-refractivity contribution is -0.116. The van der Waals surface area contributed by atoms with Crippen molar-refractivity contribution >= 4 is 23.4 Å². The average Bonchev–Trinajstić information content (AvgIpc) is 3.54. The molecule has 1 aromatic carbocycles. The summed E-state index contributed by atoms with van der Waals surface area (Å²) in [6, 6.07) is 8.60. The van der Waals surface area contributed by atoms with Gasteiger partial charge in [0.15, 0.2) is 5.16 Å². The van der Waals surface area contributed by atoms with E-state index in [9.17, 15) is 4.79 Å². The van der Waals surface area contributed by atoms with Crippen LogP contribution in [0.15, 0.2) is 29.4 Å². The van der Waals surface area contributed by atoms with Gasteiger partial charge in [-0.1, -0.05) is 30.0 Å². The molecule has 2 aliphatic rings. The number of benzene rings is 1. The van der Waals surface area contributed by atoms with Crippen LogP contribution in [0.2, 0.25) is 0 Å². The minimum absolute atomic E-state index is 0.125. The lowest BCUT2D eigenvalue weighted by Gasteiger charge is -2.22. The van der Waals surface area contributed by atoms with Crippen molar-refractivity contribution in [2.75, 3.05) is 17.2 Å². The molecule has 2 aliphatic carbocycles. The molecule has 2 aromatic rings. The van der Waals surface area contributed by atoms with Crippen LogP contribution >= 0.6 is 11.8 Å². The number of hydrogen-bond donors (Lipinski definition) is 0. The molecule has 132 valence electrons. The Morgan fingerprint density at radius 3 is 2.64 bits per heavy atom. The summed E-state index contributed by atoms with van der Waals surface area (Å²) in [5, 5.41) is 9.73. The Morgan fingerprint density at radius 1 is 1.24 bits per heavy atom. The molecule has 0 unspecified atom stereocenters. The van der Waals surface area contributed by atoms with Gasteiger partial charge in [-0.15, -0.1) is 10.2 Å². The number of nitrogens with zero attached hydrogens (tertiary/aromatic N) is 4. The van der Waals surface area contributed by atoms with Crippen molar-refractivity contribution in [1.82, 2.24) is 14.8 Å². The van der Waals surface area contributed by atoms with Gasteiger partial charge in [0.05, 0.1) is 5.75 Å². The van der Waals surface area contributed by atoms with Crippen LogP contribution < -0.4 is 4.90 Å². The molecule has 0 radical (unpaired) electrons. The van der Waals surface area contributed by atoms with Crippen molar-refractivity contribution in [3.63, 3.8) is 0 Å². The van der Waals surface area contributed by atoms with E-state index in [1.807, 2.05) is 43.0 Å². The minimum atomic E-state index is 0.125. The maximum absolute atomic E-state index is 12.8. The molecule has 0 aliphatic heterocycles. The summed E-state index contributed by atoms with van der Waals surface area (Å²) in [7, 11) is 0. The van der Waals surface area contributed by atoms with Gasteiger partial charge < -0.3 is 9.47 Å². The quantitative estimate of drug-likeness (QED) is 0.705. The van der Waals surface area contributed by atoms with Crippen LogP contribution in [0.25, 0.3) is 0 Å². The molecular formula is C19H24N4OS. The number of aromatic nitrogens is 3. The molecule has 1 amide bonds. The fraction of sp³-hybridized carbons (Fsp3) is 0.526. The molecule has 2 fully saturated rings. The highest BCUT2D eigenvalue weighted by Crippen LogP contribution is 2.46. The van der Waals surface area contributed by atoms with E-state index in [0.29, 0.717) is 24.3 Å². The molecule has 2 saturated carbocycles. The Hall–Kier alpha value is -1.82. The Kier molecular flexibility index (Phi) is 4.54. The monoisotopic (exact) mass is 356 g/mol. The summed E-state index contributed by atoms with van der Waals surface area (Å²) in [6.07, 6.45) is 4.88. The standard InChI is InChI=1S/C19H24N4OS/c1-3-22(16-7-5-4-6-13(16)2)17(24)12-25-19-21-20-18(14-8-9-14)23(19)15-10-11-15/h4-7,14-15H,3,8-12H2,1-2H3. The third kappa shape index (κ3) is 3.45. The average molecular weight is 356 g/mol. The van der Waals surface area contributed by atoms with Crippen molar-refractivity contribution in [1.29, 1.82) is 0 Å². The number of aryl methyl sites for hydroxylation is 1. The second-order valence-corrected chi connectivity index (χ2v) is 7.87. The van der Waals surface area contributed by atoms with Gasteiger partial charge in [0, 0.05) is 24.2 Å². The van der Waals surface area contributed by atoms with E-state index < -0.39 is 0 Å². The third-order valence-corrected chi connectivity index (χ3v) is 5.82. The second kappa shape index (κ2) is 6.83. The van der Waals surface area contributed by atoms with Crippen LogP contribution in [0.5, 0.6) is 0 Å². The van der Waals surface area contributed by atoms with Crippen molar-refractivity contribution < 1.29 is 4.79 Å². The molecule has 0 atom stereocenters. The van der Waals surface area contributed by atoms with E-state index in [4.69, 9.17) is 0 Å². The molecule has 6 heteroatoms. The summed E-state index contributed by atoms with van der Waals surface area (Å²) < 4.78 is 2.31. The van der Waals surface area contributed by atoms with Gasteiger partial charge in [0.25, 0.3) is 0 Å². The number of thioether (sulfide) groups is 1. The maximum atomic E-state index is 12.8. The first kappa shape index (κ1) is 16.6. The maximum Gasteiger partial charge on any atom is 0.237 e. The number of amides is 1. The zero-order valence-corrected chi connectivity index (χ0v) is 15.6. The van der Waals surface area contributed by atoms with Gasteiger partial charge in [-0.05, 0) is 51.2 Å². The van der Waals surface area contributed by atoms with E-state index in [0.717, 1.165) is 22.2 Å². The van der Waals surface area contributed by atoms with Gasteiger partial charge in [-0.2, -0.15) is 0 Å². The lowest BCUT2D eigenvalue weighted by Crippen LogP contribution is -2.32. The smallest absolute Gasteiger partial charge is 0.237 e. The Balaban J connectivity index is 1.47. The van der Waals surface area contributed by atoms with E-state index in [1.54, 1.807) is 0 Å². The van der Waals surface area contributed by atoms with Crippen LogP contribution in [-0.2, 0) is 4.79 Å². The summed E-state index contributed by atoms with van der Waals surface area (Å²) in [6.45, 7) is 4.74. The van der Waals surface area contributed by atoms with Gasteiger partial charge in [-0.25, -0.2) is 0 Å². The third-order valence-electron chi connectivity index (χ3n) is 4.89. The first-order valence-corrected chi connectivity index (χ1v) is 10.1. The topological polar surface area (TPSA) is 51.0 Å². The highest BCUT2D eigenvalue weighted by molar-refractivity contribution is 7.99. The highest BCUT2D eigenvalue weighted by atomic mass is 32.2. The second-order valence-electron chi connectivity index (χ2n) is 6.93. The van der Waals surface area contributed by atoms with Crippen LogP contribution in [0.4, 0.5) is 5.69 Å².